The lowest BCUT2D eigenvalue weighted by atomic mass is 10.00. The topological polar surface area (TPSA) is 93.6 Å². The lowest BCUT2D eigenvalue weighted by molar-refractivity contribution is 0.374. The minimum Gasteiger partial charge on any atom is -0.504 e. The number of ether oxygens (including phenoxy) is 2. The van der Waals surface area contributed by atoms with Crippen LogP contribution in [0.1, 0.15) is 0 Å². The fraction of sp³-hybridized carbons (Fsp3) is 0.0769. The lowest BCUT2D eigenvalue weighted by Gasteiger charge is -2.10. The highest BCUT2D eigenvalue weighted by Gasteiger charge is 2.17. The van der Waals surface area contributed by atoms with E-state index in [0.717, 1.165) is 21.3 Å². The molecule has 2 N–H and O–H groups in total. The van der Waals surface area contributed by atoms with Crippen molar-refractivity contribution in [3.05, 3.63) is 92.9 Å². The van der Waals surface area contributed by atoms with E-state index in [4.69, 9.17) is 9.47 Å². The molecule has 170 valence electrons. The number of para-hydroxylation sites is 1. The first-order valence-electron chi connectivity index (χ1n) is 10.4. The SMILES string of the molecule is COc1cccc(-n2c(=O)[nH]c3scc(-c4ccc(-c5cccc(OC)c5O)cc4)c3c2=O)c1. The zero-order chi connectivity index (χ0) is 23.8. The molecule has 3 aromatic carbocycles. The van der Waals surface area contributed by atoms with E-state index in [1.54, 1.807) is 30.3 Å². The van der Waals surface area contributed by atoms with Crippen LogP contribution < -0.4 is 20.7 Å². The highest BCUT2D eigenvalue weighted by molar-refractivity contribution is 7.17. The normalized spacial score (nSPS) is 11.0. The van der Waals surface area contributed by atoms with Crippen molar-refractivity contribution in [1.82, 2.24) is 9.55 Å². The molecule has 0 amide bonds. The zero-order valence-corrected chi connectivity index (χ0v) is 19.2. The minimum atomic E-state index is -0.511. The first kappa shape index (κ1) is 21.5. The second-order valence-electron chi connectivity index (χ2n) is 7.56. The first-order valence-corrected chi connectivity index (χ1v) is 11.3. The molecule has 8 heteroatoms. The van der Waals surface area contributed by atoms with Gasteiger partial charge < -0.3 is 14.6 Å². The molecule has 2 aromatic heterocycles. The van der Waals surface area contributed by atoms with Crippen molar-refractivity contribution in [1.29, 1.82) is 0 Å². The Kier molecular flexibility index (Phi) is 5.43. The van der Waals surface area contributed by atoms with Gasteiger partial charge >= 0.3 is 5.69 Å². The number of fused-ring (bicyclic) bond motifs is 1. The predicted octanol–water partition coefficient (Wildman–Crippen LogP) is 4.80. The highest BCUT2D eigenvalue weighted by atomic mass is 32.1. The van der Waals surface area contributed by atoms with Crippen molar-refractivity contribution in [2.45, 2.75) is 0 Å². The third-order valence-corrected chi connectivity index (χ3v) is 6.56. The molecule has 5 rings (SSSR count). The van der Waals surface area contributed by atoms with Crippen LogP contribution in [0.15, 0.2) is 81.7 Å². The molecular formula is C26H20N2O5S. The van der Waals surface area contributed by atoms with Crippen molar-refractivity contribution in [3.8, 4) is 45.2 Å². The smallest absolute Gasteiger partial charge is 0.334 e. The average Bonchev–Trinajstić information content (AvgIpc) is 3.28. The number of aromatic hydroxyl groups is 1. The Bertz CT molecular complexity index is 1630. The minimum absolute atomic E-state index is 0.0671. The number of nitrogens with one attached hydrogen (secondary N) is 1. The number of phenols is 1. The van der Waals surface area contributed by atoms with Gasteiger partial charge in [-0.3, -0.25) is 9.78 Å². The summed E-state index contributed by atoms with van der Waals surface area (Å²) in [5.41, 5.74) is 2.50. The zero-order valence-electron chi connectivity index (χ0n) is 18.4. The average molecular weight is 473 g/mol. The molecule has 0 saturated heterocycles. The van der Waals surface area contributed by atoms with Crippen LogP contribution in [0.25, 0.3) is 38.2 Å². The monoisotopic (exact) mass is 472 g/mol. The van der Waals surface area contributed by atoms with Gasteiger partial charge in [0, 0.05) is 22.6 Å². The molecule has 0 saturated carbocycles. The van der Waals surface area contributed by atoms with Crippen LogP contribution in [0.5, 0.6) is 17.2 Å². The maximum atomic E-state index is 13.5. The molecule has 34 heavy (non-hydrogen) atoms. The predicted molar refractivity (Wildman–Crippen MR) is 134 cm³/mol. The van der Waals surface area contributed by atoms with E-state index in [-0.39, 0.29) is 5.75 Å². The molecule has 0 bridgehead atoms. The third kappa shape index (κ3) is 3.54. The Morgan fingerprint density at radius 2 is 1.59 bits per heavy atom. The number of aromatic amines is 1. The molecule has 0 unspecified atom stereocenters. The summed E-state index contributed by atoms with van der Waals surface area (Å²) in [4.78, 5) is 29.5. The number of rotatable bonds is 5. The summed E-state index contributed by atoms with van der Waals surface area (Å²) in [6.45, 7) is 0. The molecular weight excluding hydrogens is 452 g/mol. The van der Waals surface area contributed by atoms with Gasteiger partial charge in [0.2, 0.25) is 0 Å². The van der Waals surface area contributed by atoms with Gasteiger partial charge in [0.25, 0.3) is 5.56 Å². The molecule has 0 spiro atoms. The Balaban J connectivity index is 1.63. The summed E-state index contributed by atoms with van der Waals surface area (Å²) in [6.07, 6.45) is 0. The standard InChI is InChI=1S/C26H20N2O5S/c1-32-18-6-3-5-17(13-18)28-25(30)22-20(14-34-24(22)27-26(28)31)16-11-9-15(10-12-16)19-7-4-8-21(33-2)23(19)29/h3-14,29H,1-2H3,(H,27,31). The van der Waals surface area contributed by atoms with Crippen LogP contribution in [-0.4, -0.2) is 28.9 Å². The fourth-order valence-corrected chi connectivity index (χ4v) is 4.92. The summed E-state index contributed by atoms with van der Waals surface area (Å²) in [7, 11) is 3.04. The second-order valence-corrected chi connectivity index (χ2v) is 8.44. The third-order valence-electron chi connectivity index (χ3n) is 5.67. The van der Waals surface area contributed by atoms with E-state index in [1.165, 1.54) is 25.6 Å². The number of methoxy groups -OCH3 is 2. The molecule has 0 atom stereocenters. The van der Waals surface area contributed by atoms with E-state index in [2.05, 4.69) is 4.98 Å². The van der Waals surface area contributed by atoms with Gasteiger partial charge in [-0.05, 0) is 29.3 Å². The fourth-order valence-electron chi connectivity index (χ4n) is 3.97. The van der Waals surface area contributed by atoms with Crippen molar-refractivity contribution < 1.29 is 14.6 Å². The molecule has 0 aliphatic rings. The van der Waals surface area contributed by atoms with Gasteiger partial charge in [-0.1, -0.05) is 42.5 Å². The number of phenolic OH excluding ortho intramolecular Hbond substituents is 1. The number of benzene rings is 3. The summed E-state index contributed by atoms with van der Waals surface area (Å²) >= 11 is 1.31. The quantitative estimate of drug-likeness (QED) is 0.383. The van der Waals surface area contributed by atoms with E-state index < -0.39 is 11.2 Å². The van der Waals surface area contributed by atoms with Crippen LogP contribution in [0.4, 0.5) is 0 Å². The van der Waals surface area contributed by atoms with Crippen LogP contribution >= 0.6 is 11.3 Å². The Morgan fingerprint density at radius 1 is 0.882 bits per heavy atom. The van der Waals surface area contributed by atoms with Crippen molar-refractivity contribution >= 4 is 21.6 Å². The van der Waals surface area contributed by atoms with Gasteiger partial charge in [0.05, 0.1) is 25.3 Å². The maximum Gasteiger partial charge on any atom is 0.334 e. The van der Waals surface area contributed by atoms with Crippen LogP contribution in [0.2, 0.25) is 0 Å². The Morgan fingerprint density at radius 3 is 2.29 bits per heavy atom. The van der Waals surface area contributed by atoms with Crippen molar-refractivity contribution in [2.75, 3.05) is 14.2 Å². The number of hydrogen-bond acceptors (Lipinski definition) is 6. The van der Waals surface area contributed by atoms with Crippen LogP contribution in [0, 0.1) is 0 Å². The van der Waals surface area contributed by atoms with Crippen molar-refractivity contribution in [3.63, 3.8) is 0 Å². The van der Waals surface area contributed by atoms with Gasteiger partial charge in [-0.15, -0.1) is 11.3 Å². The van der Waals surface area contributed by atoms with Gasteiger partial charge in [0.15, 0.2) is 11.5 Å². The van der Waals surface area contributed by atoms with E-state index in [0.29, 0.717) is 33.0 Å². The van der Waals surface area contributed by atoms with Crippen LogP contribution in [-0.2, 0) is 0 Å². The summed E-state index contributed by atoms with van der Waals surface area (Å²) < 4.78 is 11.6. The summed E-state index contributed by atoms with van der Waals surface area (Å²) in [5, 5.41) is 12.8. The number of aromatic nitrogens is 2. The number of hydrogen-bond donors (Lipinski definition) is 2. The van der Waals surface area contributed by atoms with Gasteiger partial charge in [-0.2, -0.15) is 0 Å². The summed E-state index contributed by atoms with van der Waals surface area (Å²) in [6, 6.07) is 19.6. The highest BCUT2D eigenvalue weighted by Crippen LogP contribution is 2.38. The second kappa shape index (κ2) is 8.57. The van der Waals surface area contributed by atoms with E-state index >= 15 is 0 Å². The van der Waals surface area contributed by atoms with Gasteiger partial charge in [0.1, 0.15) is 10.6 Å². The first-order chi connectivity index (χ1) is 16.5. The van der Waals surface area contributed by atoms with E-state index in [9.17, 15) is 14.7 Å². The lowest BCUT2D eigenvalue weighted by Crippen LogP contribution is -2.33. The molecule has 0 radical (unpaired) electrons. The molecule has 0 aliphatic carbocycles. The van der Waals surface area contributed by atoms with Crippen LogP contribution in [0.3, 0.4) is 0 Å². The number of H-pyrrole nitrogens is 1. The largest absolute Gasteiger partial charge is 0.504 e. The molecule has 0 aliphatic heterocycles. The number of thiophene rings is 1. The Hall–Kier alpha value is -4.30. The molecule has 2 heterocycles. The Labute approximate surface area is 198 Å². The molecule has 0 fully saturated rings. The van der Waals surface area contributed by atoms with Crippen molar-refractivity contribution in [2.24, 2.45) is 0 Å². The van der Waals surface area contributed by atoms with E-state index in [1.807, 2.05) is 41.8 Å². The molecule has 5 aromatic rings. The van der Waals surface area contributed by atoms with Gasteiger partial charge in [-0.25, -0.2) is 9.36 Å². The number of nitrogens with zero attached hydrogens (tertiary/aromatic N) is 1. The molecule has 7 nitrogen and oxygen atoms in total. The summed E-state index contributed by atoms with van der Waals surface area (Å²) in [5.74, 6) is 1.01. The maximum absolute atomic E-state index is 13.5.